The first-order valence-electron chi connectivity index (χ1n) is 7.64. The van der Waals surface area contributed by atoms with Gasteiger partial charge in [-0.05, 0) is 54.4 Å². The summed E-state index contributed by atoms with van der Waals surface area (Å²) in [7, 11) is 0. The number of nitrogens with one attached hydrogen (secondary N) is 3. The smallest absolute Gasteiger partial charge is 0.267 e. The number of amides is 2. The van der Waals surface area contributed by atoms with Crippen molar-refractivity contribution in [3.05, 3.63) is 52.2 Å². The highest BCUT2D eigenvalue weighted by Crippen LogP contribution is 2.11. The van der Waals surface area contributed by atoms with Gasteiger partial charge in [-0.15, -0.1) is 11.3 Å². The average Bonchev–Trinajstić information content (AvgIpc) is 3.10. The number of hydrogen-bond donors (Lipinski definition) is 3. The number of thiocarbonyl (C=S) groups is 1. The van der Waals surface area contributed by atoms with Crippen molar-refractivity contribution in [2.24, 2.45) is 0 Å². The molecule has 0 fully saturated rings. The molecule has 7 heteroatoms. The van der Waals surface area contributed by atoms with Gasteiger partial charge < -0.3 is 10.6 Å². The van der Waals surface area contributed by atoms with E-state index in [2.05, 4.69) is 22.9 Å². The minimum atomic E-state index is -0.241. The molecule has 2 rings (SSSR count). The van der Waals surface area contributed by atoms with Crippen molar-refractivity contribution in [2.75, 3.05) is 11.9 Å². The van der Waals surface area contributed by atoms with Crippen LogP contribution < -0.4 is 16.0 Å². The molecule has 1 heterocycles. The fourth-order valence-electron chi connectivity index (χ4n) is 1.92. The van der Waals surface area contributed by atoms with Crippen LogP contribution in [0.15, 0.2) is 41.8 Å². The number of thiophene rings is 1. The first-order valence-corrected chi connectivity index (χ1v) is 8.93. The summed E-state index contributed by atoms with van der Waals surface area (Å²) in [6.07, 6.45) is 2.00. The van der Waals surface area contributed by atoms with Crippen molar-refractivity contribution in [2.45, 2.75) is 19.8 Å². The molecule has 0 saturated carbocycles. The highest BCUT2D eigenvalue weighted by molar-refractivity contribution is 7.80. The Morgan fingerprint density at radius 2 is 1.88 bits per heavy atom. The van der Waals surface area contributed by atoms with Gasteiger partial charge in [0.05, 0.1) is 4.88 Å². The summed E-state index contributed by atoms with van der Waals surface area (Å²) in [5, 5.41) is 10.4. The van der Waals surface area contributed by atoms with E-state index >= 15 is 0 Å². The van der Waals surface area contributed by atoms with Gasteiger partial charge in [-0.3, -0.25) is 14.9 Å². The van der Waals surface area contributed by atoms with Crippen molar-refractivity contribution in [1.82, 2.24) is 10.6 Å². The molecule has 0 radical (unpaired) electrons. The SMILES string of the molecule is CCCCNC(=O)c1ccc(NC(=S)NC(=O)c2cccs2)cc1. The lowest BCUT2D eigenvalue weighted by Crippen LogP contribution is -2.33. The van der Waals surface area contributed by atoms with Crippen LogP contribution in [0.3, 0.4) is 0 Å². The number of benzene rings is 1. The molecule has 2 aromatic rings. The van der Waals surface area contributed by atoms with Gasteiger partial charge in [0.25, 0.3) is 11.8 Å². The average molecular weight is 361 g/mol. The van der Waals surface area contributed by atoms with Crippen LogP contribution in [0.1, 0.15) is 39.8 Å². The largest absolute Gasteiger partial charge is 0.352 e. The zero-order chi connectivity index (χ0) is 17.4. The molecule has 0 aliphatic carbocycles. The van der Waals surface area contributed by atoms with Crippen molar-refractivity contribution < 1.29 is 9.59 Å². The molecule has 0 unspecified atom stereocenters. The molecule has 0 spiro atoms. The molecule has 3 N–H and O–H groups in total. The third kappa shape index (κ3) is 5.43. The molecule has 2 amide bonds. The zero-order valence-electron chi connectivity index (χ0n) is 13.3. The summed E-state index contributed by atoms with van der Waals surface area (Å²) < 4.78 is 0. The van der Waals surface area contributed by atoms with Gasteiger partial charge in [-0.2, -0.15) is 0 Å². The van der Waals surface area contributed by atoms with E-state index in [0.29, 0.717) is 22.7 Å². The van der Waals surface area contributed by atoms with Crippen molar-refractivity contribution in [1.29, 1.82) is 0 Å². The Morgan fingerprint density at radius 1 is 1.12 bits per heavy atom. The van der Waals surface area contributed by atoms with Crippen molar-refractivity contribution >= 4 is 46.2 Å². The lowest BCUT2D eigenvalue weighted by atomic mass is 10.2. The number of anilines is 1. The molecule has 24 heavy (non-hydrogen) atoms. The van der Waals surface area contributed by atoms with E-state index in [-0.39, 0.29) is 16.9 Å². The third-order valence-corrected chi connectivity index (χ3v) is 4.27. The molecule has 5 nitrogen and oxygen atoms in total. The number of unbranched alkanes of at least 4 members (excludes halogenated alkanes) is 1. The van der Waals surface area contributed by atoms with Gasteiger partial charge >= 0.3 is 0 Å². The first kappa shape index (κ1) is 18.1. The summed E-state index contributed by atoms with van der Waals surface area (Å²) >= 11 is 6.47. The quantitative estimate of drug-likeness (QED) is 0.545. The van der Waals surface area contributed by atoms with E-state index in [1.807, 2.05) is 5.38 Å². The highest BCUT2D eigenvalue weighted by atomic mass is 32.1. The van der Waals surface area contributed by atoms with Crippen molar-refractivity contribution in [3.63, 3.8) is 0 Å². The van der Waals surface area contributed by atoms with Crippen LogP contribution in [0.2, 0.25) is 0 Å². The lowest BCUT2D eigenvalue weighted by molar-refractivity contribution is 0.0951. The van der Waals surface area contributed by atoms with E-state index in [0.717, 1.165) is 12.8 Å². The number of hydrogen-bond acceptors (Lipinski definition) is 4. The lowest BCUT2D eigenvalue weighted by Gasteiger charge is -2.10. The third-order valence-electron chi connectivity index (χ3n) is 3.19. The molecule has 0 bridgehead atoms. The minimum Gasteiger partial charge on any atom is -0.352 e. The highest BCUT2D eigenvalue weighted by Gasteiger charge is 2.09. The van der Waals surface area contributed by atoms with Crippen LogP contribution in [0.4, 0.5) is 5.69 Å². The standard InChI is InChI=1S/C17H19N3O2S2/c1-2-3-10-18-15(21)12-6-8-13(9-7-12)19-17(23)20-16(22)14-5-4-11-24-14/h4-9,11H,2-3,10H2,1H3,(H,18,21)(H2,19,20,22,23). The topological polar surface area (TPSA) is 70.2 Å². The van der Waals surface area contributed by atoms with Gasteiger partial charge in [0.15, 0.2) is 5.11 Å². The molecule has 1 aromatic carbocycles. The summed E-state index contributed by atoms with van der Waals surface area (Å²) in [6.45, 7) is 2.75. The molecular formula is C17H19N3O2S2. The van der Waals surface area contributed by atoms with Crippen LogP contribution in [0.5, 0.6) is 0 Å². The molecule has 126 valence electrons. The van der Waals surface area contributed by atoms with E-state index in [1.54, 1.807) is 36.4 Å². The van der Waals surface area contributed by atoms with Gasteiger partial charge in [-0.1, -0.05) is 19.4 Å². The van der Waals surface area contributed by atoms with Gasteiger partial charge in [0, 0.05) is 17.8 Å². The summed E-state index contributed by atoms with van der Waals surface area (Å²) in [5.74, 6) is -0.335. The Morgan fingerprint density at radius 3 is 2.50 bits per heavy atom. The Balaban J connectivity index is 1.85. The van der Waals surface area contributed by atoms with Crippen LogP contribution in [0.25, 0.3) is 0 Å². The second kappa shape index (κ2) is 9.14. The fourth-order valence-corrected chi connectivity index (χ4v) is 2.75. The molecule has 0 aliphatic heterocycles. The van der Waals surface area contributed by atoms with Crippen LogP contribution in [-0.2, 0) is 0 Å². The fraction of sp³-hybridized carbons (Fsp3) is 0.235. The number of carbonyl (C=O) groups excluding carboxylic acids is 2. The van der Waals surface area contributed by atoms with Crippen molar-refractivity contribution in [3.8, 4) is 0 Å². The van der Waals surface area contributed by atoms with E-state index in [1.165, 1.54) is 11.3 Å². The van der Waals surface area contributed by atoms with Gasteiger partial charge in [0.1, 0.15) is 0 Å². The molecule has 0 aliphatic rings. The molecule has 0 saturated heterocycles. The van der Waals surface area contributed by atoms with Crippen LogP contribution in [0, 0.1) is 0 Å². The second-order valence-electron chi connectivity index (χ2n) is 5.07. The van der Waals surface area contributed by atoms with Gasteiger partial charge in [-0.25, -0.2) is 0 Å². The monoisotopic (exact) mass is 361 g/mol. The van der Waals surface area contributed by atoms with Crippen LogP contribution in [-0.4, -0.2) is 23.5 Å². The Labute approximate surface area is 150 Å². The van der Waals surface area contributed by atoms with E-state index in [4.69, 9.17) is 12.2 Å². The number of rotatable bonds is 6. The van der Waals surface area contributed by atoms with E-state index < -0.39 is 0 Å². The maximum atomic E-state index is 11.9. The molecule has 1 aromatic heterocycles. The van der Waals surface area contributed by atoms with E-state index in [9.17, 15) is 9.59 Å². The van der Waals surface area contributed by atoms with Crippen LogP contribution >= 0.6 is 23.6 Å². The summed E-state index contributed by atoms with van der Waals surface area (Å²) in [5.41, 5.74) is 1.29. The normalized spacial score (nSPS) is 10.0. The molecule has 0 atom stereocenters. The second-order valence-corrected chi connectivity index (χ2v) is 6.43. The maximum Gasteiger partial charge on any atom is 0.267 e. The Hall–Kier alpha value is -2.25. The van der Waals surface area contributed by atoms with Gasteiger partial charge in [0.2, 0.25) is 0 Å². The summed E-state index contributed by atoms with van der Waals surface area (Å²) in [4.78, 5) is 24.4. The first-order chi connectivity index (χ1) is 11.6. The minimum absolute atomic E-state index is 0.0939. The Kier molecular flexibility index (Phi) is 6.89. The predicted molar refractivity (Wildman–Crippen MR) is 102 cm³/mol. The zero-order valence-corrected chi connectivity index (χ0v) is 14.9. The Bertz CT molecular complexity index is 697. The predicted octanol–water partition coefficient (Wildman–Crippen LogP) is 3.40. The summed E-state index contributed by atoms with van der Waals surface area (Å²) in [6, 6.07) is 10.5. The molecular weight excluding hydrogens is 342 g/mol. The maximum absolute atomic E-state index is 11.9. The number of carbonyl (C=O) groups is 2.